The van der Waals surface area contributed by atoms with E-state index in [-0.39, 0.29) is 24.2 Å². The fourth-order valence-electron chi connectivity index (χ4n) is 4.47. The summed E-state index contributed by atoms with van der Waals surface area (Å²) in [6.07, 6.45) is 5.75. The standard InChI is InChI=1S/C25H38N6O3Si/c1-17(2)28-25(32)34-19-8-7-18(13-19)21-15-26-24-20(29-21)14-23(22-9-10-27-30(22)3)31(24)16-33-11-12-35(4,5)6/h9-10,14-15,17-19H,7-8,11-13,16H2,1-6H3,(H,28,32)/t18-,19+/m0/s1. The van der Waals surface area contributed by atoms with Gasteiger partial charge in [0, 0.05) is 39.9 Å². The lowest BCUT2D eigenvalue weighted by atomic mass is 10.0. The molecule has 1 fully saturated rings. The first kappa shape index (κ1) is 25.4. The molecule has 2 atom stereocenters. The average Bonchev–Trinajstić information content (AvgIpc) is 3.48. The maximum atomic E-state index is 12.0. The van der Waals surface area contributed by atoms with Gasteiger partial charge in [-0.3, -0.25) is 9.25 Å². The van der Waals surface area contributed by atoms with Crippen molar-refractivity contribution < 1.29 is 14.3 Å². The molecule has 1 saturated carbocycles. The second kappa shape index (κ2) is 10.5. The summed E-state index contributed by atoms with van der Waals surface area (Å²) in [6, 6.07) is 5.24. The number of fused-ring (bicyclic) bond motifs is 1. The van der Waals surface area contributed by atoms with Crippen molar-refractivity contribution in [2.75, 3.05) is 6.61 Å². The van der Waals surface area contributed by atoms with Gasteiger partial charge >= 0.3 is 6.09 Å². The van der Waals surface area contributed by atoms with Crippen molar-refractivity contribution >= 4 is 25.3 Å². The fourth-order valence-corrected chi connectivity index (χ4v) is 5.23. The molecule has 0 unspecified atom stereocenters. The van der Waals surface area contributed by atoms with Crippen molar-refractivity contribution in [3.63, 3.8) is 0 Å². The van der Waals surface area contributed by atoms with Crippen molar-refractivity contribution in [1.82, 2.24) is 29.6 Å². The molecule has 1 aliphatic rings. The van der Waals surface area contributed by atoms with Crippen LogP contribution in [0.1, 0.15) is 44.7 Å². The molecule has 1 N–H and O–H groups in total. The number of carbonyl (C=O) groups is 1. The zero-order valence-corrected chi connectivity index (χ0v) is 22.7. The quantitative estimate of drug-likeness (QED) is 0.332. The predicted octanol–water partition coefficient (Wildman–Crippen LogP) is 4.91. The number of amides is 1. The first-order chi connectivity index (χ1) is 16.6. The van der Waals surface area contributed by atoms with E-state index in [0.717, 1.165) is 60.2 Å². The molecule has 0 aliphatic heterocycles. The van der Waals surface area contributed by atoms with Gasteiger partial charge in [0.1, 0.15) is 18.4 Å². The SMILES string of the molecule is CC(C)NC(=O)O[C@@H]1CC[C@H](c2cnc3c(cc(-c4ccnn4C)n3COCC[Si](C)(C)C)n2)C1. The Morgan fingerprint density at radius 3 is 2.74 bits per heavy atom. The number of nitrogens with one attached hydrogen (secondary N) is 1. The van der Waals surface area contributed by atoms with E-state index in [1.807, 2.05) is 37.8 Å². The highest BCUT2D eigenvalue weighted by Gasteiger charge is 2.30. The van der Waals surface area contributed by atoms with Gasteiger partial charge in [-0.15, -0.1) is 0 Å². The summed E-state index contributed by atoms with van der Waals surface area (Å²) < 4.78 is 15.6. The van der Waals surface area contributed by atoms with E-state index in [0.29, 0.717) is 6.73 Å². The van der Waals surface area contributed by atoms with Crippen LogP contribution >= 0.6 is 0 Å². The minimum atomic E-state index is -1.17. The van der Waals surface area contributed by atoms with Crippen LogP contribution in [0.4, 0.5) is 4.79 Å². The third kappa shape index (κ3) is 6.29. The summed E-state index contributed by atoms with van der Waals surface area (Å²) in [5.74, 6) is 0.222. The fraction of sp³-hybridized carbons (Fsp3) is 0.600. The van der Waals surface area contributed by atoms with E-state index in [1.54, 1.807) is 6.20 Å². The number of rotatable bonds is 9. The molecule has 3 aromatic heterocycles. The molecule has 9 nitrogen and oxygen atoms in total. The maximum Gasteiger partial charge on any atom is 0.407 e. The third-order valence-corrected chi connectivity index (χ3v) is 8.10. The molecule has 10 heteroatoms. The Morgan fingerprint density at radius 2 is 2.06 bits per heavy atom. The number of aromatic nitrogens is 5. The summed E-state index contributed by atoms with van der Waals surface area (Å²) in [5, 5.41) is 7.14. The Kier molecular flexibility index (Phi) is 7.61. The first-order valence-electron chi connectivity index (χ1n) is 12.5. The van der Waals surface area contributed by atoms with Gasteiger partial charge in [0.2, 0.25) is 0 Å². The lowest BCUT2D eigenvalue weighted by Crippen LogP contribution is -2.33. The monoisotopic (exact) mass is 498 g/mol. The van der Waals surface area contributed by atoms with Crippen LogP contribution < -0.4 is 5.32 Å². The maximum absolute atomic E-state index is 12.0. The van der Waals surface area contributed by atoms with Gasteiger partial charge in [-0.05, 0) is 51.3 Å². The number of hydrogen-bond acceptors (Lipinski definition) is 6. The number of carbonyl (C=O) groups excluding carboxylic acids is 1. The molecule has 3 heterocycles. The molecule has 190 valence electrons. The van der Waals surface area contributed by atoms with Gasteiger partial charge in [0.25, 0.3) is 0 Å². The molecule has 0 spiro atoms. The van der Waals surface area contributed by atoms with Crippen molar-refractivity contribution in [3.8, 4) is 11.4 Å². The molecule has 1 amide bonds. The van der Waals surface area contributed by atoms with Crippen LogP contribution in [0.5, 0.6) is 0 Å². The molecule has 4 rings (SSSR count). The molecule has 35 heavy (non-hydrogen) atoms. The number of aryl methyl sites for hydroxylation is 1. The summed E-state index contributed by atoms with van der Waals surface area (Å²) in [5.41, 5.74) is 4.57. The number of alkyl carbamates (subject to hydrolysis) is 1. The highest BCUT2D eigenvalue weighted by molar-refractivity contribution is 6.76. The van der Waals surface area contributed by atoms with Gasteiger partial charge in [0.05, 0.1) is 23.3 Å². The van der Waals surface area contributed by atoms with E-state index >= 15 is 0 Å². The topological polar surface area (TPSA) is 96.1 Å². The minimum absolute atomic E-state index is 0.0603. The molecule has 3 aromatic rings. The summed E-state index contributed by atoms with van der Waals surface area (Å²) >= 11 is 0. The molecule has 1 aliphatic carbocycles. The van der Waals surface area contributed by atoms with E-state index < -0.39 is 8.07 Å². The van der Waals surface area contributed by atoms with Crippen LogP contribution in [0.15, 0.2) is 24.5 Å². The Hall–Kier alpha value is -2.72. The van der Waals surface area contributed by atoms with Crippen molar-refractivity contribution in [2.45, 2.75) is 83.6 Å². The zero-order chi connectivity index (χ0) is 25.2. The van der Waals surface area contributed by atoms with E-state index in [1.165, 1.54) is 0 Å². The molecule has 0 aromatic carbocycles. The lowest BCUT2D eigenvalue weighted by molar-refractivity contribution is 0.0908. The summed E-state index contributed by atoms with van der Waals surface area (Å²) in [4.78, 5) is 21.8. The smallest absolute Gasteiger partial charge is 0.407 e. The molecule has 0 radical (unpaired) electrons. The Bertz CT molecular complexity index is 1170. The number of nitrogens with zero attached hydrogens (tertiary/aromatic N) is 5. The van der Waals surface area contributed by atoms with Crippen molar-refractivity contribution in [3.05, 3.63) is 30.2 Å². The van der Waals surface area contributed by atoms with E-state index in [9.17, 15) is 4.79 Å². The first-order valence-corrected chi connectivity index (χ1v) is 16.2. The van der Waals surface area contributed by atoms with Gasteiger partial charge in [-0.25, -0.2) is 14.8 Å². The largest absolute Gasteiger partial charge is 0.446 e. The highest BCUT2D eigenvalue weighted by atomic mass is 28.3. The molecular formula is C25H38N6O3Si. The molecule has 0 bridgehead atoms. The van der Waals surface area contributed by atoms with E-state index in [4.69, 9.17) is 19.4 Å². The van der Waals surface area contributed by atoms with Crippen LogP contribution in [-0.2, 0) is 23.3 Å². The molecular weight excluding hydrogens is 460 g/mol. The van der Waals surface area contributed by atoms with Crippen LogP contribution in [-0.4, -0.2) is 57.2 Å². The number of ether oxygens (including phenoxy) is 2. The van der Waals surface area contributed by atoms with E-state index in [2.05, 4.69) is 40.7 Å². The predicted molar refractivity (Wildman–Crippen MR) is 139 cm³/mol. The minimum Gasteiger partial charge on any atom is -0.446 e. The van der Waals surface area contributed by atoms with Gasteiger partial charge in [-0.1, -0.05) is 19.6 Å². The Balaban J connectivity index is 1.54. The van der Waals surface area contributed by atoms with Gasteiger partial charge in [-0.2, -0.15) is 5.10 Å². The lowest BCUT2D eigenvalue weighted by Gasteiger charge is -2.16. The second-order valence-corrected chi connectivity index (χ2v) is 16.6. The van der Waals surface area contributed by atoms with Crippen LogP contribution in [0.3, 0.4) is 0 Å². The normalized spacial score (nSPS) is 18.5. The van der Waals surface area contributed by atoms with Crippen LogP contribution in [0.25, 0.3) is 22.6 Å². The number of hydrogen-bond donors (Lipinski definition) is 1. The average molecular weight is 499 g/mol. The summed E-state index contributed by atoms with van der Waals surface area (Å²) in [6.45, 7) is 12.1. The van der Waals surface area contributed by atoms with Crippen molar-refractivity contribution in [1.29, 1.82) is 0 Å². The zero-order valence-electron chi connectivity index (χ0n) is 21.7. The molecule has 0 saturated heterocycles. The van der Waals surface area contributed by atoms with Gasteiger partial charge in [0.15, 0.2) is 5.65 Å². The highest BCUT2D eigenvalue weighted by Crippen LogP contribution is 2.36. The van der Waals surface area contributed by atoms with Crippen molar-refractivity contribution in [2.24, 2.45) is 7.05 Å². The van der Waals surface area contributed by atoms with Crippen LogP contribution in [0.2, 0.25) is 25.7 Å². The Morgan fingerprint density at radius 1 is 1.26 bits per heavy atom. The summed E-state index contributed by atoms with van der Waals surface area (Å²) in [7, 11) is 0.767. The third-order valence-electron chi connectivity index (χ3n) is 6.40. The Labute approximate surface area is 208 Å². The second-order valence-electron chi connectivity index (χ2n) is 11.0. The van der Waals surface area contributed by atoms with Gasteiger partial charge < -0.3 is 14.8 Å². The van der Waals surface area contributed by atoms with Crippen LogP contribution in [0, 0.1) is 0 Å².